The van der Waals surface area contributed by atoms with E-state index in [1.54, 1.807) is 6.08 Å². The van der Waals surface area contributed by atoms with Gasteiger partial charge in [0.15, 0.2) is 0 Å². The lowest BCUT2D eigenvalue weighted by Crippen LogP contribution is -2.62. The molecule has 4 fully saturated rings. The predicted molar refractivity (Wildman–Crippen MR) is 102 cm³/mol. The molecule has 0 amide bonds. The molecule has 1 aliphatic heterocycles. The van der Waals surface area contributed by atoms with Gasteiger partial charge >= 0.3 is 5.97 Å². The number of aliphatic hydroxyl groups is 2. The summed E-state index contributed by atoms with van der Waals surface area (Å²) in [5.41, 5.74) is 0.600. The maximum Gasteiger partial charge on any atom is 0.331 e. The number of esters is 1. The van der Waals surface area contributed by atoms with Crippen molar-refractivity contribution in [1.29, 1.82) is 0 Å². The van der Waals surface area contributed by atoms with Crippen LogP contribution in [0.15, 0.2) is 11.6 Å². The zero-order valence-corrected chi connectivity index (χ0v) is 16.7. The molecule has 0 unspecified atom stereocenters. The fourth-order valence-corrected chi connectivity index (χ4v) is 8.39. The molecule has 8 atom stereocenters. The topological polar surface area (TPSA) is 66.8 Å². The van der Waals surface area contributed by atoms with Crippen LogP contribution >= 0.6 is 0 Å². The molecule has 1 heterocycles. The molecule has 27 heavy (non-hydrogen) atoms. The lowest BCUT2D eigenvalue weighted by molar-refractivity contribution is -0.208. The Bertz CT molecular complexity index is 686. The summed E-state index contributed by atoms with van der Waals surface area (Å²) >= 11 is 0. The fraction of sp³-hybridized carbons (Fsp3) is 0.870. The van der Waals surface area contributed by atoms with Gasteiger partial charge in [0.05, 0.1) is 11.7 Å². The predicted octanol–water partition coefficient (Wildman–Crippen LogP) is 3.60. The maximum atomic E-state index is 12.1. The highest BCUT2D eigenvalue weighted by atomic mass is 16.5. The maximum absolute atomic E-state index is 12.1. The van der Waals surface area contributed by atoms with Gasteiger partial charge < -0.3 is 14.9 Å². The van der Waals surface area contributed by atoms with Crippen molar-refractivity contribution in [2.24, 2.45) is 34.5 Å². The molecular weight excluding hydrogens is 340 g/mol. The van der Waals surface area contributed by atoms with Crippen LogP contribution in [0.5, 0.6) is 0 Å². The zero-order chi connectivity index (χ0) is 19.0. The molecular formula is C23H34O4. The monoisotopic (exact) mass is 374 g/mol. The van der Waals surface area contributed by atoms with Crippen LogP contribution in [0.4, 0.5) is 0 Å². The van der Waals surface area contributed by atoms with Gasteiger partial charge in [0, 0.05) is 11.5 Å². The molecule has 4 heteroatoms. The van der Waals surface area contributed by atoms with Crippen molar-refractivity contribution in [2.45, 2.75) is 83.3 Å². The van der Waals surface area contributed by atoms with E-state index < -0.39 is 5.60 Å². The smallest absolute Gasteiger partial charge is 0.331 e. The lowest BCUT2D eigenvalue weighted by atomic mass is 9.43. The summed E-state index contributed by atoms with van der Waals surface area (Å²) in [6.07, 6.45) is 10.8. The van der Waals surface area contributed by atoms with Crippen LogP contribution in [0.1, 0.15) is 71.6 Å². The van der Waals surface area contributed by atoms with E-state index >= 15 is 0 Å². The average Bonchev–Trinajstić information content (AvgIpc) is 3.16. The van der Waals surface area contributed by atoms with Gasteiger partial charge in [-0.05, 0) is 92.4 Å². The quantitative estimate of drug-likeness (QED) is 0.688. The first-order chi connectivity index (χ1) is 12.8. The molecule has 5 rings (SSSR count). The Labute approximate surface area is 162 Å². The normalized spacial score (nSPS) is 54.6. The van der Waals surface area contributed by atoms with Crippen LogP contribution < -0.4 is 0 Å². The minimum Gasteiger partial charge on any atom is -0.458 e. The number of aliphatic hydroxyl groups excluding tert-OH is 1. The number of hydrogen-bond donors (Lipinski definition) is 2. The first-order valence-corrected chi connectivity index (χ1v) is 11.1. The van der Waals surface area contributed by atoms with Crippen LogP contribution in [0, 0.1) is 34.5 Å². The van der Waals surface area contributed by atoms with Crippen molar-refractivity contribution in [3.05, 3.63) is 11.6 Å². The van der Waals surface area contributed by atoms with Crippen LogP contribution in [0.2, 0.25) is 0 Å². The van der Waals surface area contributed by atoms with Crippen LogP contribution in [0.25, 0.3) is 0 Å². The highest BCUT2D eigenvalue weighted by Crippen LogP contribution is 2.69. The molecule has 0 aromatic rings. The van der Waals surface area contributed by atoms with Crippen LogP contribution in [-0.2, 0) is 9.53 Å². The second-order valence-electron chi connectivity index (χ2n) is 10.7. The van der Waals surface area contributed by atoms with Crippen molar-refractivity contribution >= 4 is 5.97 Å². The first kappa shape index (κ1) is 18.2. The van der Waals surface area contributed by atoms with Crippen molar-refractivity contribution in [1.82, 2.24) is 0 Å². The third-order valence-electron chi connectivity index (χ3n) is 9.96. The fourth-order valence-electron chi connectivity index (χ4n) is 8.39. The van der Waals surface area contributed by atoms with Crippen LogP contribution in [-0.4, -0.2) is 34.5 Å². The Morgan fingerprint density at radius 3 is 2.59 bits per heavy atom. The molecule has 0 spiro atoms. The second-order valence-corrected chi connectivity index (χ2v) is 10.7. The Hall–Kier alpha value is -0.870. The molecule has 0 radical (unpaired) electrons. The minimum absolute atomic E-state index is 0.126. The Kier molecular flexibility index (Phi) is 3.92. The van der Waals surface area contributed by atoms with Gasteiger partial charge in [-0.25, -0.2) is 4.79 Å². The SMILES string of the molecule is C[C@]12CC[C@@H](O)C[C@@H]1CC[C@@H]1[C@@H]2CC[C@]2(C)[C@H](C3=CC(=O)OC3)CC[C@]12O. The number of carbonyl (C=O) groups is 1. The summed E-state index contributed by atoms with van der Waals surface area (Å²) in [7, 11) is 0. The van der Waals surface area contributed by atoms with Gasteiger partial charge in [0.2, 0.25) is 0 Å². The molecule has 0 saturated heterocycles. The third kappa shape index (κ3) is 2.32. The van der Waals surface area contributed by atoms with E-state index in [0.717, 1.165) is 56.9 Å². The molecule has 0 aromatic heterocycles. The Morgan fingerprint density at radius 2 is 1.85 bits per heavy atom. The highest BCUT2D eigenvalue weighted by molar-refractivity contribution is 5.85. The molecule has 4 nitrogen and oxygen atoms in total. The van der Waals surface area contributed by atoms with Gasteiger partial charge in [-0.1, -0.05) is 13.8 Å². The van der Waals surface area contributed by atoms with E-state index in [1.165, 1.54) is 6.42 Å². The Balaban J connectivity index is 1.47. The molecule has 5 aliphatic rings. The third-order valence-corrected chi connectivity index (χ3v) is 9.96. The minimum atomic E-state index is -0.628. The van der Waals surface area contributed by atoms with Crippen molar-refractivity contribution in [2.75, 3.05) is 6.61 Å². The van der Waals surface area contributed by atoms with Gasteiger partial charge in [-0.3, -0.25) is 0 Å². The van der Waals surface area contributed by atoms with Crippen molar-refractivity contribution in [3.63, 3.8) is 0 Å². The van der Waals surface area contributed by atoms with E-state index in [1.807, 2.05) is 0 Å². The number of rotatable bonds is 1. The van der Waals surface area contributed by atoms with E-state index in [9.17, 15) is 15.0 Å². The first-order valence-electron chi connectivity index (χ1n) is 11.1. The van der Waals surface area contributed by atoms with Gasteiger partial charge in [-0.15, -0.1) is 0 Å². The number of hydrogen-bond acceptors (Lipinski definition) is 4. The zero-order valence-electron chi connectivity index (χ0n) is 16.7. The van der Waals surface area contributed by atoms with Gasteiger partial charge in [0.1, 0.15) is 6.61 Å². The summed E-state index contributed by atoms with van der Waals surface area (Å²) in [5.74, 6) is 1.59. The summed E-state index contributed by atoms with van der Waals surface area (Å²) in [4.78, 5) is 11.6. The molecule has 0 aromatic carbocycles. The standard InChI is InChI=1S/C23H34O4/c1-21-8-5-16(24)12-15(21)3-4-19-18(21)6-9-22(2)17(7-10-23(19,22)26)14-11-20(25)27-13-14/h11,15-19,24,26H,3-10,12-13H2,1-2H3/t15-,16+,17-,18-,19+,21-,22+,23-/m0/s1. The molecule has 2 N–H and O–H groups in total. The number of ether oxygens (including phenoxy) is 1. The largest absolute Gasteiger partial charge is 0.458 e. The summed E-state index contributed by atoms with van der Waals surface area (Å²) in [6, 6.07) is 0. The highest BCUT2D eigenvalue weighted by Gasteiger charge is 2.67. The summed E-state index contributed by atoms with van der Waals surface area (Å²) in [5, 5.41) is 22.3. The van der Waals surface area contributed by atoms with Crippen LogP contribution in [0.3, 0.4) is 0 Å². The molecule has 4 aliphatic carbocycles. The van der Waals surface area contributed by atoms with Gasteiger partial charge in [0.25, 0.3) is 0 Å². The second kappa shape index (κ2) is 5.82. The summed E-state index contributed by atoms with van der Waals surface area (Å²) < 4.78 is 5.20. The number of fused-ring (bicyclic) bond motifs is 5. The van der Waals surface area contributed by atoms with E-state index in [2.05, 4.69) is 13.8 Å². The molecule has 150 valence electrons. The van der Waals surface area contributed by atoms with Crippen molar-refractivity contribution in [3.8, 4) is 0 Å². The van der Waals surface area contributed by atoms with E-state index in [0.29, 0.717) is 24.4 Å². The lowest BCUT2D eigenvalue weighted by Gasteiger charge is -2.63. The molecule has 0 bridgehead atoms. The van der Waals surface area contributed by atoms with E-state index in [4.69, 9.17) is 4.74 Å². The van der Waals surface area contributed by atoms with Gasteiger partial charge in [-0.2, -0.15) is 0 Å². The number of cyclic esters (lactones) is 1. The Morgan fingerprint density at radius 1 is 1.04 bits per heavy atom. The summed E-state index contributed by atoms with van der Waals surface area (Å²) in [6.45, 7) is 5.15. The number of carbonyl (C=O) groups excluding carboxylic acids is 1. The van der Waals surface area contributed by atoms with Crippen molar-refractivity contribution < 1.29 is 19.7 Å². The average molecular weight is 375 g/mol. The van der Waals surface area contributed by atoms with E-state index in [-0.39, 0.29) is 28.8 Å². The molecule has 4 saturated carbocycles.